The third-order valence-electron chi connectivity index (χ3n) is 4.54. The van der Waals surface area contributed by atoms with Crippen LogP contribution < -0.4 is 5.32 Å². The number of ether oxygens (including phenoxy) is 1. The molecule has 0 saturated heterocycles. The van der Waals surface area contributed by atoms with E-state index >= 15 is 0 Å². The number of nitro groups is 1. The molecule has 0 fully saturated rings. The van der Waals surface area contributed by atoms with Crippen LogP contribution in [0.15, 0.2) is 42.5 Å². The van der Waals surface area contributed by atoms with Crippen LogP contribution in [0.2, 0.25) is 5.02 Å². The molecular formula is C21H19ClN4O6S. The number of nitrogens with one attached hydrogen (secondary N) is 1. The first kappa shape index (κ1) is 24.1. The Kier molecular flexibility index (Phi) is 7.56. The van der Waals surface area contributed by atoms with E-state index in [2.05, 4.69) is 10.3 Å². The SMILES string of the molecule is CC(OC(=O)CNC(=O)c1ccc(Cl)c([N+](=O)[O-])c1)C(=O)N(C)Cc1nc2ccccc2s1. The van der Waals surface area contributed by atoms with Crippen molar-refractivity contribution in [2.45, 2.75) is 19.6 Å². The molecule has 0 saturated carbocycles. The van der Waals surface area contributed by atoms with Crippen LogP contribution in [0.1, 0.15) is 22.3 Å². The van der Waals surface area contributed by atoms with Crippen molar-refractivity contribution in [1.29, 1.82) is 0 Å². The Labute approximate surface area is 197 Å². The lowest BCUT2D eigenvalue weighted by Gasteiger charge is -2.20. The highest BCUT2D eigenvalue weighted by molar-refractivity contribution is 7.18. The molecule has 33 heavy (non-hydrogen) atoms. The average molecular weight is 491 g/mol. The molecule has 2 amide bonds. The van der Waals surface area contributed by atoms with Crippen molar-refractivity contribution in [3.8, 4) is 0 Å². The Morgan fingerprint density at radius 2 is 2.00 bits per heavy atom. The van der Waals surface area contributed by atoms with Crippen molar-refractivity contribution < 1.29 is 24.0 Å². The van der Waals surface area contributed by atoms with Gasteiger partial charge in [0.2, 0.25) is 0 Å². The zero-order chi connectivity index (χ0) is 24.1. The molecule has 1 N–H and O–H groups in total. The van der Waals surface area contributed by atoms with Crippen molar-refractivity contribution >= 4 is 56.6 Å². The largest absolute Gasteiger partial charge is 0.451 e. The smallest absolute Gasteiger partial charge is 0.326 e. The molecule has 3 aromatic rings. The van der Waals surface area contributed by atoms with Crippen molar-refractivity contribution in [1.82, 2.24) is 15.2 Å². The van der Waals surface area contributed by atoms with Gasteiger partial charge in [0, 0.05) is 18.7 Å². The second-order valence-electron chi connectivity index (χ2n) is 7.01. The molecule has 0 bridgehead atoms. The molecular weight excluding hydrogens is 472 g/mol. The molecule has 3 rings (SSSR count). The predicted octanol–water partition coefficient (Wildman–Crippen LogP) is 3.18. The van der Waals surface area contributed by atoms with Crippen LogP contribution >= 0.6 is 22.9 Å². The maximum absolute atomic E-state index is 12.6. The van der Waals surface area contributed by atoms with Gasteiger partial charge in [-0.05, 0) is 31.2 Å². The van der Waals surface area contributed by atoms with Crippen molar-refractivity contribution in [3.63, 3.8) is 0 Å². The topological polar surface area (TPSA) is 132 Å². The summed E-state index contributed by atoms with van der Waals surface area (Å²) in [5.74, 6) is -1.98. The number of halogens is 1. The maximum atomic E-state index is 12.6. The third-order valence-corrected chi connectivity index (χ3v) is 5.88. The third kappa shape index (κ3) is 6.02. The first-order chi connectivity index (χ1) is 15.7. The molecule has 172 valence electrons. The number of hydrogen-bond acceptors (Lipinski definition) is 8. The number of thiazole rings is 1. The van der Waals surface area contributed by atoms with Gasteiger partial charge in [0.25, 0.3) is 17.5 Å². The van der Waals surface area contributed by atoms with E-state index in [4.69, 9.17) is 16.3 Å². The Morgan fingerprint density at radius 1 is 1.27 bits per heavy atom. The van der Waals surface area contributed by atoms with E-state index in [0.717, 1.165) is 21.3 Å². The van der Waals surface area contributed by atoms with Gasteiger partial charge >= 0.3 is 5.97 Å². The highest BCUT2D eigenvalue weighted by atomic mass is 35.5. The fraction of sp³-hybridized carbons (Fsp3) is 0.238. The molecule has 1 aromatic heterocycles. The number of rotatable bonds is 8. The summed E-state index contributed by atoms with van der Waals surface area (Å²) in [5.41, 5.74) is 0.375. The van der Waals surface area contributed by atoms with Gasteiger partial charge in [-0.1, -0.05) is 23.7 Å². The zero-order valence-electron chi connectivity index (χ0n) is 17.6. The van der Waals surface area contributed by atoms with E-state index in [1.54, 1.807) is 7.05 Å². The Morgan fingerprint density at radius 3 is 2.70 bits per heavy atom. The number of carbonyl (C=O) groups is 3. The number of hydrogen-bond donors (Lipinski definition) is 1. The molecule has 1 unspecified atom stereocenters. The molecule has 12 heteroatoms. The molecule has 0 radical (unpaired) electrons. The number of aromatic nitrogens is 1. The van der Waals surface area contributed by atoms with Gasteiger partial charge in [0.05, 0.1) is 21.7 Å². The van der Waals surface area contributed by atoms with Gasteiger partial charge in [-0.2, -0.15) is 0 Å². The summed E-state index contributed by atoms with van der Waals surface area (Å²) in [6.45, 7) is 1.17. The van der Waals surface area contributed by atoms with Crippen LogP contribution in [0.4, 0.5) is 5.69 Å². The van der Waals surface area contributed by atoms with Gasteiger partial charge in [0.15, 0.2) is 6.10 Å². The molecule has 2 aromatic carbocycles. The number of para-hydroxylation sites is 1. The van der Waals surface area contributed by atoms with E-state index in [1.807, 2.05) is 24.3 Å². The highest BCUT2D eigenvalue weighted by Crippen LogP contribution is 2.25. The first-order valence-electron chi connectivity index (χ1n) is 9.66. The standard InChI is InChI=1S/C21H19ClN4O6S/c1-12(21(29)25(2)11-18-24-15-5-3-4-6-17(15)33-18)32-19(27)10-23-20(28)13-7-8-14(22)16(9-13)26(30)31/h3-9,12H,10-11H2,1-2H3,(H,23,28). The van der Waals surface area contributed by atoms with E-state index in [-0.39, 0.29) is 17.1 Å². The number of benzene rings is 2. The number of amides is 2. The summed E-state index contributed by atoms with van der Waals surface area (Å²) in [6.07, 6.45) is -1.08. The molecule has 1 heterocycles. The first-order valence-corrected chi connectivity index (χ1v) is 10.9. The van der Waals surface area contributed by atoms with E-state index in [9.17, 15) is 24.5 Å². The molecule has 0 spiro atoms. The number of nitro benzene ring substituents is 1. The Bertz CT molecular complexity index is 1200. The van der Waals surface area contributed by atoms with Crippen LogP contribution in [0, 0.1) is 10.1 Å². The van der Waals surface area contributed by atoms with Crippen LogP contribution in [0.25, 0.3) is 10.2 Å². The quantitative estimate of drug-likeness (QED) is 0.291. The number of carbonyl (C=O) groups excluding carboxylic acids is 3. The van der Waals surface area contributed by atoms with E-state index < -0.39 is 41.0 Å². The van der Waals surface area contributed by atoms with Crippen molar-refractivity contribution in [2.24, 2.45) is 0 Å². The normalized spacial score (nSPS) is 11.6. The number of nitrogens with zero attached hydrogens (tertiary/aromatic N) is 3. The minimum Gasteiger partial charge on any atom is -0.451 e. The maximum Gasteiger partial charge on any atom is 0.326 e. The summed E-state index contributed by atoms with van der Waals surface area (Å²) in [4.78, 5) is 52.9. The summed E-state index contributed by atoms with van der Waals surface area (Å²) in [5, 5.41) is 13.9. The Hall–Kier alpha value is -3.57. The second-order valence-corrected chi connectivity index (χ2v) is 8.53. The van der Waals surface area contributed by atoms with Crippen LogP contribution in [0.3, 0.4) is 0 Å². The zero-order valence-corrected chi connectivity index (χ0v) is 19.2. The molecule has 0 aliphatic carbocycles. The Balaban J connectivity index is 1.51. The lowest BCUT2D eigenvalue weighted by molar-refractivity contribution is -0.384. The number of esters is 1. The fourth-order valence-corrected chi connectivity index (χ4v) is 4.12. The summed E-state index contributed by atoms with van der Waals surface area (Å²) in [6, 6.07) is 11.1. The lowest BCUT2D eigenvalue weighted by Crippen LogP contribution is -2.39. The van der Waals surface area contributed by atoms with E-state index in [1.165, 1.54) is 35.3 Å². The number of likely N-dealkylation sites (N-methyl/N-ethyl adjacent to an activating group) is 1. The molecule has 1 atom stereocenters. The summed E-state index contributed by atoms with van der Waals surface area (Å²) < 4.78 is 6.11. The van der Waals surface area contributed by atoms with Crippen LogP contribution in [-0.4, -0.2) is 52.3 Å². The second kappa shape index (κ2) is 10.4. The van der Waals surface area contributed by atoms with Gasteiger partial charge in [0.1, 0.15) is 16.6 Å². The summed E-state index contributed by atoms with van der Waals surface area (Å²) in [7, 11) is 1.58. The highest BCUT2D eigenvalue weighted by Gasteiger charge is 2.23. The van der Waals surface area contributed by atoms with Gasteiger partial charge < -0.3 is 15.0 Å². The molecule has 0 aliphatic rings. The van der Waals surface area contributed by atoms with Gasteiger partial charge in [-0.3, -0.25) is 24.5 Å². The monoisotopic (exact) mass is 490 g/mol. The van der Waals surface area contributed by atoms with Crippen LogP contribution in [-0.2, 0) is 20.9 Å². The minimum atomic E-state index is -1.08. The predicted molar refractivity (Wildman–Crippen MR) is 122 cm³/mol. The van der Waals surface area contributed by atoms with Gasteiger partial charge in [-0.15, -0.1) is 11.3 Å². The minimum absolute atomic E-state index is 0.0430. The molecule has 10 nitrogen and oxygen atoms in total. The van der Waals surface area contributed by atoms with Crippen molar-refractivity contribution in [2.75, 3.05) is 13.6 Å². The van der Waals surface area contributed by atoms with Gasteiger partial charge in [-0.25, -0.2) is 4.98 Å². The molecule has 0 aliphatic heterocycles. The fourth-order valence-electron chi connectivity index (χ4n) is 2.92. The average Bonchev–Trinajstić information content (AvgIpc) is 3.19. The summed E-state index contributed by atoms with van der Waals surface area (Å²) >= 11 is 7.19. The number of fused-ring (bicyclic) bond motifs is 1. The van der Waals surface area contributed by atoms with Crippen molar-refractivity contribution in [3.05, 3.63) is 68.2 Å². The van der Waals surface area contributed by atoms with Crippen LogP contribution in [0.5, 0.6) is 0 Å². The van der Waals surface area contributed by atoms with E-state index in [0.29, 0.717) is 0 Å². The lowest BCUT2D eigenvalue weighted by atomic mass is 10.2.